The van der Waals surface area contributed by atoms with Crippen LogP contribution in [0.25, 0.3) is 0 Å². The molecule has 7 heteroatoms. The van der Waals surface area contributed by atoms with E-state index in [1.54, 1.807) is 7.11 Å². The number of aliphatic hydroxyl groups excluding tert-OH is 1. The Kier molecular flexibility index (Phi) is 11.2. The third-order valence-electron chi connectivity index (χ3n) is 3.63. The molecule has 2 aromatic rings. The summed E-state index contributed by atoms with van der Waals surface area (Å²) in [6.45, 7) is 1.26. The molecule has 2 aromatic carbocycles. The van der Waals surface area contributed by atoms with Crippen LogP contribution < -0.4 is 10.5 Å². The summed E-state index contributed by atoms with van der Waals surface area (Å²) in [4.78, 5) is 0. The van der Waals surface area contributed by atoms with E-state index in [9.17, 15) is 13.9 Å². The van der Waals surface area contributed by atoms with Gasteiger partial charge >= 0.3 is 0 Å². The molecule has 0 aliphatic heterocycles. The van der Waals surface area contributed by atoms with Crippen LogP contribution in [-0.2, 0) is 16.1 Å². The van der Waals surface area contributed by atoms with Crippen LogP contribution in [0.3, 0.4) is 0 Å². The summed E-state index contributed by atoms with van der Waals surface area (Å²) in [6.07, 6.45) is -0.139. The summed E-state index contributed by atoms with van der Waals surface area (Å²) in [7, 11) is 2.97. The van der Waals surface area contributed by atoms with E-state index < -0.39 is 17.7 Å². The van der Waals surface area contributed by atoms with Crippen molar-refractivity contribution in [3.05, 3.63) is 65.7 Å². The lowest BCUT2D eigenvalue weighted by Gasteiger charge is -2.18. The van der Waals surface area contributed by atoms with Crippen molar-refractivity contribution in [1.82, 2.24) is 0 Å². The number of rotatable bonds is 9. The van der Waals surface area contributed by atoms with Crippen molar-refractivity contribution in [1.29, 1.82) is 0 Å². The van der Waals surface area contributed by atoms with Crippen molar-refractivity contribution in [2.45, 2.75) is 25.2 Å². The highest BCUT2D eigenvalue weighted by Gasteiger charge is 2.13. The normalized spacial score (nSPS) is 12.7. The second-order valence-corrected chi connectivity index (χ2v) is 5.79. The minimum atomic E-state index is -0.628. The number of benzene rings is 2. The largest absolute Gasteiger partial charge is 0.497 e. The average Bonchev–Trinajstić information content (AvgIpc) is 2.67. The molecule has 3 N–H and O–H groups in total. The van der Waals surface area contributed by atoms with Crippen molar-refractivity contribution in [2.24, 2.45) is 5.73 Å². The lowest BCUT2D eigenvalue weighted by Crippen LogP contribution is -2.29. The van der Waals surface area contributed by atoms with Gasteiger partial charge in [-0.15, -0.1) is 0 Å². The van der Waals surface area contributed by atoms with Crippen molar-refractivity contribution < 1.29 is 28.1 Å². The van der Waals surface area contributed by atoms with Gasteiger partial charge in [-0.2, -0.15) is 0 Å². The van der Waals surface area contributed by atoms with Crippen LogP contribution in [0.4, 0.5) is 8.78 Å². The van der Waals surface area contributed by atoms with Gasteiger partial charge in [0.05, 0.1) is 32.5 Å². The molecule has 0 heterocycles. The molecule has 0 spiro atoms. The van der Waals surface area contributed by atoms with E-state index >= 15 is 0 Å². The maximum Gasteiger partial charge on any atom is 0.129 e. The standard InChI is InChI=1S/C13H21NO3.C7H6F2O/c1-16-13(7-12(15)8-14)10-17-9-11-5-3-2-4-6-11;1-10-7-3-5(8)2-6(9)4-7/h2-6,12-13,15H,7-10,14H2,1H3;2-4H,1H3. The third kappa shape index (κ3) is 10.0. The quantitative estimate of drug-likeness (QED) is 0.697. The molecule has 0 radical (unpaired) electrons. The average molecular weight is 383 g/mol. The van der Waals surface area contributed by atoms with E-state index in [4.69, 9.17) is 15.2 Å². The number of hydrogen-bond acceptors (Lipinski definition) is 5. The van der Waals surface area contributed by atoms with Gasteiger partial charge in [-0.05, 0) is 5.56 Å². The molecule has 150 valence electrons. The van der Waals surface area contributed by atoms with Gasteiger partial charge in [-0.25, -0.2) is 8.78 Å². The molecule has 0 fully saturated rings. The smallest absolute Gasteiger partial charge is 0.129 e. The summed E-state index contributed by atoms with van der Waals surface area (Å²) in [6, 6.07) is 13.0. The number of hydrogen-bond donors (Lipinski definition) is 2. The fourth-order valence-electron chi connectivity index (χ4n) is 2.16. The number of nitrogens with two attached hydrogens (primary N) is 1. The maximum atomic E-state index is 12.3. The molecule has 0 saturated heterocycles. The minimum absolute atomic E-state index is 0.114. The van der Waals surface area contributed by atoms with Crippen LogP contribution in [0.2, 0.25) is 0 Å². The van der Waals surface area contributed by atoms with Crippen LogP contribution in [0.15, 0.2) is 48.5 Å². The Bertz CT molecular complexity index is 623. The minimum Gasteiger partial charge on any atom is -0.497 e. The molecule has 2 unspecified atom stereocenters. The van der Waals surface area contributed by atoms with E-state index in [1.165, 1.54) is 7.11 Å². The summed E-state index contributed by atoms with van der Waals surface area (Å²) in [5.74, 6) is -1.06. The zero-order chi connectivity index (χ0) is 20.1. The maximum absolute atomic E-state index is 12.3. The molecular formula is C20H27F2NO4. The molecule has 0 aliphatic rings. The van der Waals surface area contributed by atoms with Crippen molar-refractivity contribution in [3.8, 4) is 5.75 Å². The van der Waals surface area contributed by atoms with E-state index in [0.29, 0.717) is 19.6 Å². The van der Waals surface area contributed by atoms with Gasteiger partial charge in [0.25, 0.3) is 0 Å². The second-order valence-electron chi connectivity index (χ2n) is 5.79. The zero-order valence-electron chi connectivity index (χ0n) is 15.6. The van der Waals surface area contributed by atoms with Crippen molar-refractivity contribution >= 4 is 0 Å². The molecule has 2 atom stereocenters. The molecule has 0 bridgehead atoms. The second kappa shape index (κ2) is 13.2. The summed E-state index contributed by atoms with van der Waals surface area (Å²) >= 11 is 0. The van der Waals surface area contributed by atoms with E-state index in [2.05, 4.69) is 4.74 Å². The van der Waals surface area contributed by atoms with Gasteiger partial charge in [-0.3, -0.25) is 0 Å². The van der Waals surface area contributed by atoms with Crippen molar-refractivity contribution in [2.75, 3.05) is 27.4 Å². The summed E-state index contributed by atoms with van der Waals surface area (Å²) in [5.41, 5.74) is 6.47. The first-order chi connectivity index (χ1) is 13.0. The number of ether oxygens (including phenoxy) is 3. The monoisotopic (exact) mass is 383 g/mol. The highest BCUT2D eigenvalue weighted by molar-refractivity contribution is 5.23. The van der Waals surface area contributed by atoms with Gasteiger partial charge in [0.2, 0.25) is 0 Å². The molecule has 0 aliphatic carbocycles. The topological polar surface area (TPSA) is 73.9 Å². The Labute approximate surface area is 158 Å². The molecule has 0 amide bonds. The summed E-state index contributed by atoms with van der Waals surface area (Å²) < 4.78 is 39.9. The number of halogens is 2. The fraction of sp³-hybridized carbons (Fsp3) is 0.400. The lowest BCUT2D eigenvalue weighted by atomic mass is 10.1. The van der Waals surface area contributed by atoms with E-state index in [-0.39, 0.29) is 18.4 Å². The van der Waals surface area contributed by atoms with Crippen LogP contribution >= 0.6 is 0 Å². The summed E-state index contributed by atoms with van der Waals surface area (Å²) in [5, 5.41) is 9.42. The Morgan fingerprint density at radius 3 is 2.19 bits per heavy atom. The Morgan fingerprint density at radius 1 is 1.04 bits per heavy atom. The van der Waals surface area contributed by atoms with Gasteiger partial charge < -0.3 is 25.1 Å². The lowest BCUT2D eigenvalue weighted by molar-refractivity contribution is -0.0213. The molecule has 2 rings (SSSR count). The third-order valence-corrected chi connectivity index (χ3v) is 3.63. The SMILES string of the molecule is COC(COCc1ccccc1)CC(O)CN.COc1cc(F)cc(F)c1. The van der Waals surface area contributed by atoms with Crippen LogP contribution in [0.1, 0.15) is 12.0 Å². The molecule has 5 nitrogen and oxygen atoms in total. The van der Waals surface area contributed by atoms with Gasteiger partial charge in [0.1, 0.15) is 17.4 Å². The number of methoxy groups -OCH3 is 2. The Morgan fingerprint density at radius 2 is 1.67 bits per heavy atom. The first kappa shape index (κ1) is 23.0. The Hall–Kier alpha value is -2.06. The van der Waals surface area contributed by atoms with E-state index in [1.807, 2.05) is 30.3 Å². The van der Waals surface area contributed by atoms with Crippen LogP contribution in [0, 0.1) is 11.6 Å². The van der Waals surface area contributed by atoms with Gasteiger partial charge in [0.15, 0.2) is 0 Å². The number of aliphatic hydroxyl groups is 1. The Balaban J connectivity index is 0.000000309. The highest BCUT2D eigenvalue weighted by Crippen LogP contribution is 2.13. The fourth-order valence-corrected chi connectivity index (χ4v) is 2.16. The molecule has 0 saturated carbocycles. The van der Waals surface area contributed by atoms with Crippen LogP contribution in [-0.4, -0.2) is 44.7 Å². The molecule has 27 heavy (non-hydrogen) atoms. The van der Waals surface area contributed by atoms with Gasteiger partial charge in [0, 0.05) is 38.3 Å². The zero-order valence-corrected chi connectivity index (χ0v) is 15.6. The van der Waals surface area contributed by atoms with Crippen molar-refractivity contribution in [3.63, 3.8) is 0 Å². The molecule has 0 aromatic heterocycles. The van der Waals surface area contributed by atoms with Gasteiger partial charge in [-0.1, -0.05) is 30.3 Å². The molecular weight excluding hydrogens is 356 g/mol. The van der Waals surface area contributed by atoms with E-state index in [0.717, 1.165) is 23.8 Å². The van der Waals surface area contributed by atoms with Crippen LogP contribution in [0.5, 0.6) is 5.75 Å². The first-order valence-electron chi connectivity index (χ1n) is 8.51. The highest BCUT2D eigenvalue weighted by atomic mass is 19.1. The first-order valence-corrected chi connectivity index (χ1v) is 8.51. The predicted octanol–water partition coefficient (Wildman–Crippen LogP) is 2.90. The predicted molar refractivity (Wildman–Crippen MR) is 99.5 cm³/mol.